The summed E-state index contributed by atoms with van der Waals surface area (Å²) < 4.78 is 1.37. The molecule has 0 aliphatic rings. The number of nitrogens with zero attached hydrogens (tertiary/aromatic N) is 4. The Labute approximate surface area is 119 Å². The molecule has 2 aromatic rings. The van der Waals surface area contributed by atoms with E-state index in [1.807, 2.05) is 5.38 Å². The highest BCUT2D eigenvalue weighted by Gasteiger charge is 2.41. The predicted octanol–water partition coefficient (Wildman–Crippen LogP) is 2.65. The van der Waals surface area contributed by atoms with Gasteiger partial charge in [-0.1, -0.05) is 25.4 Å². The Morgan fingerprint density at radius 2 is 2.21 bits per heavy atom. The molecule has 2 heterocycles. The molecule has 6 nitrogen and oxygen atoms in total. The molecule has 0 unspecified atom stereocenters. The van der Waals surface area contributed by atoms with Crippen LogP contribution in [-0.4, -0.2) is 31.3 Å². The van der Waals surface area contributed by atoms with Crippen LogP contribution >= 0.6 is 22.9 Å². The Balaban J connectivity index is 2.61. The van der Waals surface area contributed by atoms with Crippen LogP contribution in [0.15, 0.2) is 11.4 Å². The standard InChI is InChI=1S/C11H13ClN4O2S/c1-3-11(4-2,10(17)18)16-9(13-14-15-16)8-7(12)5-6-19-8/h5-6H,3-4H2,1-2H3,(H,17,18). The van der Waals surface area contributed by atoms with Crippen LogP contribution in [0.4, 0.5) is 0 Å². The normalized spacial score (nSPS) is 11.7. The number of hydrogen-bond acceptors (Lipinski definition) is 5. The second-order valence-electron chi connectivity index (χ2n) is 4.06. The molecule has 2 aromatic heterocycles. The quantitative estimate of drug-likeness (QED) is 0.918. The van der Waals surface area contributed by atoms with E-state index in [4.69, 9.17) is 11.6 Å². The fraction of sp³-hybridized carbons (Fsp3) is 0.455. The van der Waals surface area contributed by atoms with E-state index in [2.05, 4.69) is 15.5 Å². The van der Waals surface area contributed by atoms with Crippen LogP contribution in [-0.2, 0) is 10.3 Å². The second kappa shape index (κ2) is 5.26. The lowest BCUT2D eigenvalue weighted by Crippen LogP contribution is -2.42. The molecule has 19 heavy (non-hydrogen) atoms. The van der Waals surface area contributed by atoms with Gasteiger partial charge in [0, 0.05) is 0 Å². The first-order chi connectivity index (χ1) is 9.06. The monoisotopic (exact) mass is 300 g/mol. The van der Waals surface area contributed by atoms with Crippen LogP contribution in [0.2, 0.25) is 5.02 Å². The van der Waals surface area contributed by atoms with Crippen molar-refractivity contribution in [1.29, 1.82) is 0 Å². The van der Waals surface area contributed by atoms with Crippen LogP contribution < -0.4 is 0 Å². The van der Waals surface area contributed by atoms with Crippen LogP contribution in [0.5, 0.6) is 0 Å². The summed E-state index contributed by atoms with van der Waals surface area (Å²) in [6.07, 6.45) is 0.778. The van der Waals surface area contributed by atoms with Crippen LogP contribution in [0.3, 0.4) is 0 Å². The summed E-state index contributed by atoms with van der Waals surface area (Å²) in [5, 5.41) is 23.3. The molecular formula is C11H13ClN4O2S. The van der Waals surface area contributed by atoms with Crippen molar-refractivity contribution in [2.24, 2.45) is 0 Å². The first-order valence-electron chi connectivity index (χ1n) is 5.82. The highest BCUT2D eigenvalue weighted by Crippen LogP contribution is 2.35. The third-order valence-corrected chi connectivity index (χ3v) is 4.60. The summed E-state index contributed by atoms with van der Waals surface area (Å²) in [5.41, 5.74) is -1.15. The maximum atomic E-state index is 11.6. The molecule has 1 N–H and O–H groups in total. The van der Waals surface area contributed by atoms with Gasteiger partial charge in [-0.25, -0.2) is 9.48 Å². The molecule has 0 radical (unpaired) electrons. The first-order valence-corrected chi connectivity index (χ1v) is 7.08. The Morgan fingerprint density at radius 3 is 2.68 bits per heavy atom. The molecule has 0 bridgehead atoms. The summed E-state index contributed by atoms with van der Waals surface area (Å²) in [5.74, 6) is -0.551. The van der Waals surface area contributed by atoms with E-state index < -0.39 is 11.5 Å². The number of thiophene rings is 1. The largest absolute Gasteiger partial charge is 0.479 e. The predicted molar refractivity (Wildman–Crippen MR) is 72.3 cm³/mol. The number of halogens is 1. The lowest BCUT2D eigenvalue weighted by molar-refractivity contribution is -0.148. The van der Waals surface area contributed by atoms with Crippen molar-refractivity contribution in [3.05, 3.63) is 16.5 Å². The molecule has 0 amide bonds. The Kier molecular flexibility index (Phi) is 3.86. The van der Waals surface area contributed by atoms with E-state index >= 15 is 0 Å². The number of hydrogen-bond donors (Lipinski definition) is 1. The van der Waals surface area contributed by atoms with Gasteiger partial charge in [0.05, 0.1) is 9.90 Å². The minimum Gasteiger partial charge on any atom is -0.479 e. The highest BCUT2D eigenvalue weighted by atomic mass is 35.5. The molecule has 2 rings (SSSR count). The third-order valence-electron chi connectivity index (χ3n) is 3.26. The number of rotatable bonds is 5. The van der Waals surface area contributed by atoms with Crippen LogP contribution in [0, 0.1) is 0 Å². The molecule has 0 spiro atoms. The Morgan fingerprint density at radius 1 is 1.53 bits per heavy atom. The van der Waals surface area contributed by atoms with Gasteiger partial charge in [-0.05, 0) is 34.7 Å². The molecule has 0 saturated carbocycles. The van der Waals surface area contributed by atoms with E-state index in [0.717, 1.165) is 0 Å². The zero-order chi connectivity index (χ0) is 14.0. The zero-order valence-corrected chi connectivity index (χ0v) is 12.1. The summed E-state index contributed by atoms with van der Waals surface area (Å²) >= 11 is 7.46. The number of aliphatic carboxylic acids is 1. The fourth-order valence-corrected chi connectivity index (χ4v) is 3.12. The van der Waals surface area contributed by atoms with Crippen molar-refractivity contribution in [3.8, 4) is 10.7 Å². The van der Waals surface area contributed by atoms with Gasteiger partial charge in [-0.15, -0.1) is 16.4 Å². The van der Waals surface area contributed by atoms with E-state index in [0.29, 0.717) is 28.6 Å². The van der Waals surface area contributed by atoms with Gasteiger partial charge >= 0.3 is 5.97 Å². The molecule has 102 valence electrons. The van der Waals surface area contributed by atoms with E-state index in [1.54, 1.807) is 19.9 Å². The van der Waals surface area contributed by atoms with Crippen molar-refractivity contribution in [2.45, 2.75) is 32.2 Å². The Bertz CT molecular complexity index is 591. The van der Waals surface area contributed by atoms with E-state index in [9.17, 15) is 9.90 Å². The smallest absolute Gasteiger partial charge is 0.331 e. The van der Waals surface area contributed by atoms with Gasteiger partial charge in [-0.3, -0.25) is 0 Å². The number of carboxylic acid groups (broad SMARTS) is 1. The van der Waals surface area contributed by atoms with E-state index in [-0.39, 0.29) is 0 Å². The molecule has 0 fully saturated rings. The van der Waals surface area contributed by atoms with E-state index in [1.165, 1.54) is 16.0 Å². The van der Waals surface area contributed by atoms with Crippen molar-refractivity contribution in [2.75, 3.05) is 0 Å². The van der Waals surface area contributed by atoms with Gasteiger partial charge in [-0.2, -0.15) is 0 Å². The summed E-state index contributed by atoms with van der Waals surface area (Å²) in [7, 11) is 0. The number of carboxylic acids is 1. The molecular weight excluding hydrogens is 288 g/mol. The van der Waals surface area contributed by atoms with Crippen LogP contribution in [0.1, 0.15) is 26.7 Å². The van der Waals surface area contributed by atoms with Crippen molar-refractivity contribution < 1.29 is 9.90 Å². The topological polar surface area (TPSA) is 80.9 Å². The maximum Gasteiger partial charge on any atom is 0.331 e. The summed E-state index contributed by atoms with van der Waals surface area (Å²) in [6.45, 7) is 3.61. The van der Waals surface area contributed by atoms with Crippen LogP contribution in [0.25, 0.3) is 10.7 Å². The summed E-state index contributed by atoms with van der Waals surface area (Å²) in [4.78, 5) is 12.3. The first kappa shape index (κ1) is 14.0. The molecule has 8 heteroatoms. The highest BCUT2D eigenvalue weighted by molar-refractivity contribution is 7.14. The zero-order valence-electron chi connectivity index (χ0n) is 10.5. The third kappa shape index (κ3) is 2.12. The fourth-order valence-electron chi connectivity index (χ4n) is 2.01. The van der Waals surface area contributed by atoms with Crippen molar-refractivity contribution in [1.82, 2.24) is 20.2 Å². The van der Waals surface area contributed by atoms with Gasteiger partial charge in [0.15, 0.2) is 11.4 Å². The van der Waals surface area contributed by atoms with Gasteiger partial charge < -0.3 is 5.11 Å². The van der Waals surface area contributed by atoms with Gasteiger partial charge in [0.2, 0.25) is 0 Å². The van der Waals surface area contributed by atoms with Gasteiger partial charge in [0.1, 0.15) is 0 Å². The molecule has 0 aliphatic carbocycles. The lowest BCUT2D eigenvalue weighted by Gasteiger charge is -2.27. The average molecular weight is 301 g/mol. The molecule has 0 atom stereocenters. The van der Waals surface area contributed by atoms with Gasteiger partial charge in [0.25, 0.3) is 0 Å². The summed E-state index contributed by atoms with van der Waals surface area (Å²) in [6, 6.07) is 1.74. The lowest BCUT2D eigenvalue weighted by atomic mass is 9.93. The minimum atomic E-state index is -1.15. The number of aromatic nitrogens is 4. The van der Waals surface area contributed by atoms with Crippen molar-refractivity contribution in [3.63, 3.8) is 0 Å². The maximum absolute atomic E-state index is 11.6. The second-order valence-corrected chi connectivity index (χ2v) is 5.38. The Hall–Kier alpha value is -1.47. The number of carbonyl (C=O) groups is 1. The van der Waals surface area contributed by atoms with Crippen molar-refractivity contribution >= 4 is 28.9 Å². The average Bonchev–Trinajstić information content (AvgIpc) is 3.00. The molecule has 0 saturated heterocycles. The number of tetrazole rings is 1. The minimum absolute atomic E-state index is 0.389. The molecule has 0 aromatic carbocycles. The SMILES string of the molecule is CCC(CC)(C(=O)O)n1nnnc1-c1sccc1Cl. The molecule has 0 aliphatic heterocycles.